The summed E-state index contributed by atoms with van der Waals surface area (Å²) >= 11 is 1.78. The zero-order valence-corrected chi connectivity index (χ0v) is 17.6. The van der Waals surface area contributed by atoms with Gasteiger partial charge in [0.2, 0.25) is 0 Å². The Bertz CT molecular complexity index is 919. The van der Waals surface area contributed by atoms with E-state index in [2.05, 4.69) is 49.5 Å². The summed E-state index contributed by atoms with van der Waals surface area (Å²) in [5.41, 5.74) is 2.69. The van der Waals surface area contributed by atoms with Crippen LogP contribution < -0.4 is 10.2 Å². The SMILES string of the molecule is Cc1sc2nc(C[NH+]3CCOCC3)nc(NCCCc3ccccc3)c2c1C. The van der Waals surface area contributed by atoms with E-state index in [0.717, 1.165) is 68.7 Å². The fourth-order valence-electron chi connectivity index (χ4n) is 3.71. The molecule has 0 unspecified atom stereocenters. The molecule has 4 rings (SSSR count). The van der Waals surface area contributed by atoms with Crippen LogP contribution >= 0.6 is 11.3 Å². The number of aryl methyl sites for hydroxylation is 3. The molecule has 148 valence electrons. The molecule has 5 nitrogen and oxygen atoms in total. The third-order valence-electron chi connectivity index (χ3n) is 5.46. The van der Waals surface area contributed by atoms with Crippen molar-refractivity contribution in [2.45, 2.75) is 33.2 Å². The molecule has 1 aliphatic heterocycles. The van der Waals surface area contributed by atoms with E-state index >= 15 is 0 Å². The maximum atomic E-state index is 5.48. The maximum absolute atomic E-state index is 5.48. The number of anilines is 1. The van der Waals surface area contributed by atoms with Gasteiger partial charge in [0.05, 0.1) is 18.6 Å². The van der Waals surface area contributed by atoms with Crippen LogP contribution in [0, 0.1) is 13.8 Å². The molecule has 28 heavy (non-hydrogen) atoms. The summed E-state index contributed by atoms with van der Waals surface area (Å²) < 4.78 is 5.48. The minimum atomic E-state index is 0.833. The van der Waals surface area contributed by atoms with E-state index in [-0.39, 0.29) is 0 Å². The highest BCUT2D eigenvalue weighted by Gasteiger charge is 2.19. The normalized spacial score (nSPS) is 15.2. The van der Waals surface area contributed by atoms with Crippen molar-refractivity contribution in [2.24, 2.45) is 0 Å². The van der Waals surface area contributed by atoms with Crippen molar-refractivity contribution in [2.75, 3.05) is 38.2 Å². The van der Waals surface area contributed by atoms with Crippen LogP contribution in [0.5, 0.6) is 0 Å². The molecule has 1 saturated heterocycles. The molecule has 0 spiro atoms. The zero-order chi connectivity index (χ0) is 19.3. The molecule has 0 bridgehead atoms. The Morgan fingerprint density at radius 3 is 2.68 bits per heavy atom. The largest absolute Gasteiger partial charge is 0.370 e. The van der Waals surface area contributed by atoms with E-state index < -0.39 is 0 Å². The molecule has 1 aromatic carbocycles. The monoisotopic (exact) mass is 397 g/mol. The molecule has 0 radical (unpaired) electrons. The molecule has 3 aromatic rings. The van der Waals surface area contributed by atoms with Crippen molar-refractivity contribution >= 4 is 27.4 Å². The van der Waals surface area contributed by atoms with Crippen LogP contribution in [0.3, 0.4) is 0 Å². The number of thiophene rings is 1. The summed E-state index contributed by atoms with van der Waals surface area (Å²) in [7, 11) is 0. The second-order valence-corrected chi connectivity index (χ2v) is 8.71. The maximum Gasteiger partial charge on any atom is 0.187 e. The number of ether oxygens (including phenoxy) is 1. The van der Waals surface area contributed by atoms with Crippen LogP contribution in [-0.4, -0.2) is 42.8 Å². The summed E-state index contributed by atoms with van der Waals surface area (Å²) in [4.78, 5) is 13.8. The first-order chi connectivity index (χ1) is 13.7. The molecule has 3 heterocycles. The summed E-state index contributed by atoms with van der Waals surface area (Å²) in [6.07, 6.45) is 2.16. The number of nitrogens with one attached hydrogen (secondary N) is 2. The average Bonchev–Trinajstić information content (AvgIpc) is 3.00. The first kappa shape index (κ1) is 19.3. The Balaban J connectivity index is 1.49. The number of fused-ring (bicyclic) bond motifs is 1. The van der Waals surface area contributed by atoms with Gasteiger partial charge in [-0.05, 0) is 37.8 Å². The Kier molecular flexibility index (Phi) is 6.20. The fraction of sp³-hybridized carbons (Fsp3) is 0.455. The highest BCUT2D eigenvalue weighted by atomic mass is 32.1. The summed E-state index contributed by atoms with van der Waals surface area (Å²) in [6, 6.07) is 10.7. The average molecular weight is 398 g/mol. The number of hydrogen-bond acceptors (Lipinski definition) is 5. The number of benzene rings is 1. The van der Waals surface area contributed by atoms with Gasteiger partial charge in [0.1, 0.15) is 30.3 Å². The highest BCUT2D eigenvalue weighted by Crippen LogP contribution is 2.33. The van der Waals surface area contributed by atoms with E-state index in [1.165, 1.54) is 26.3 Å². The van der Waals surface area contributed by atoms with E-state index in [0.29, 0.717) is 0 Å². The van der Waals surface area contributed by atoms with E-state index in [1.54, 1.807) is 11.3 Å². The van der Waals surface area contributed by atoms with Gasteiger partial charge in [0, 0.05) is 11.4 Å². The quantitative estimate of drug-likeness (QED) is 0.602. The lowest BCUT2D eigenvalue weighted by Crippen LogP contribution is -3.12. The second-order valence-electron chi connectivity index (χ2n) is 7.51. The first-order valence-corrected chi connectivity index (χ1v) is 11.0. The smallest absolute Gasteiger partial charge is 0.187 e. The predicted octanol–water partition coefficient (Wildman–Crippen LogP) is 2.77. The summed E-state index contributed by atoms with van der Waals surface area (Å²) in [6.45, 7) is 9.87. The van der Waals surface area contributed by atoms with Crippen molar-refractivity contribution in [3.8, 4) is 0 Å². The number of aromatic nitrogens is 2. The minimum Gasteiger partial charge on any atom is -0.370 e. The van der Waals surface area contributed by atoms with E-state index in [9.17, 15) is 0 Å². The number of nitrogens with zero attached hydrogens (tertiary/aromatic N) is 2. The topological polar surface area (TPSA) is 51.5 Å². The van der Waals surface area contributed by atoms with Gasteiger partial charge >= 0.3 is 0 Å². The third kappa shape index (κ3) is 4.51. The Morgan fingerprint density at radius 2 is 1.89 bits per heavy atom. The Labute approximate surface area is 170 Å². The van der Waals surface area contributed by atoms with Crippen molar-refractivity contribution < 1.29 is 9.64 Å². The van der Waals surface area contributed by atoms with Gasteiger partial charge in [0.15, 0.2) is 5.82 Å². The molecule has 0 atom stereocenters. The molecule has 1 fully saturated rings. The van der Waals surface area contributed by atoms with Crippen LogP contribution in [0.25, 0.3) is 10.2 Å². The molecule has 0 saturated carbocycles. The van der Waals surface area contributed by atoms with Gasteiger partial charge < -0.3 is 15.0 Å². The van der Waals surface area contributed by atoms with Gasteiger partial charge in [0.25, 0.3) is 0 Å². The van der Waals surface area contributed by atoms with Crippen LogP contribution in [-0.2, 0) is 17.7 Å². The minimum absolute atomic E-state index is 0.833. The first-order valence-electron chi connectivity index (χ1n) is 10.2. The lowest BCUT2D eigenvalue weighted by molar-refractivity contribution is -0.922. The van der Waals surface area contributed by atoms with Crippen molar-refractivity contribution in [3.05, 3.63) is 52.2 Å². The third-order valence-corrected chi connectivity index (χ3v) is 6.56. The van der Waals surface area contributed by atoms with Crippen LogP contribution in [0.4, 0.5) is 5.82 Å². The number of morpholine rings is 1. The van der Waals surface area contributed by atoms with Gasteiger partial charge in [-0.1, -0.05) is 30.3 Å². The predicted molar refractivity (Wildman–Crippen MR) is 115 cm³/mol. The van der Waals surface area contributed by atoms with Crippen LogP contribution in [0.2, 0.25) is 0 Å². The zero-order valence-electron chi connectivity index (χ0n) is 16.8. The molecular formula is C22H29N4OS+. The fourth-order valence-corrected chi connectivity index (χ4v) is 4.75. The lowest BCUT2D eigenvalue weighted by Gasteiger charge is -2.23. The van der Waals surface area contributed by atoms with Gasteiger partial charge in [-0.25, -0.2) is 9.97 Å². The summed E-state index contributed by atoms with van der Waals surface area (Å²) in [5, 5.41) is 4.81. The Morgan fingerprint density at radius 1 is 1.11 bits per heavy atom. The molecular weight excluding hydrogens is 368 g/mol. The number of quaternary nitrogens is 1. The second kappa shape index (κ2) is 8.99. The molecule has 6 heteroatoms. The van der Waals surface area contributed by atoms with Crippen molar-refractivity contribution in [1.29, 1.82) is 0 Å². The molecule has 0 amide bonds. The summed E-state index contributed by atoms with van der Waals surface area (Å²) in [5.74, 6) is 1.94. The standard InChI is InChI=1S/C22H28N4OS/c1-16-17(2)28-22-20(16)21(23-10-6-9-18-7-4-3-5-8-18)24-19(25-22)15-26-11-13-27-14-12-26/h3-5,7-8H,6,9-15H2,1-2H3,(H,23,24,25)/p+1. The van der Waals surface area contributed by atoms with Crippen molar-refractivity contribution in [3.63, 3.8) is 0 Å². The van der Waals surface area contributed by atoms with Crippen molar-refractivity contribution in [1.82, 2.24) is 9.97 Å². The molecule has 2 aromatic heterocycles. The molecule has 1 aliphatic rings. The van der Waals surface area contributed by atoms with E-state index in [1.807, 2.05) is 0 Å². The number of rotatable bonds is 7. The Hall–Kier alpha value is -2.02. The van der Waals surface area contributed by atoms with Gasteiger partial charge in [-0.3, -0.25) is 0 Å². The van der Waals surface area contributed by atoms with Gasteiger partial charge in [-0.2, -0.15) is 0 Å². The van der Waals surface area contributed by atoms with E-state index in [4.69, 9.17) is 14.7 Å². The lowest BCUT2D eigenvalue weighted by atomic mass is 10.1. The molecule has 0 aliphatic carbocycles. The number of hydrogen-bond donors (Lipinski definition) is 2. The van der Waals surface area contributed by atoms with Crippen LogP contribution in [0.15, 0.2) is 30.3 Å². The highest BCUT2D eigenvalue weighted by molar-refractivity contribution is 7.18. The molecule has 2 N–H and O–H groups in total. The van der Waals surface area contributed by atoms with Gasteiger partial charge in [-0.15, -0.1) is 11.3 Å². The van der Waals surface area contributed by atoms with Crippen LogP contribution in [0.1, 0.15) is 28.2 Å².